The molecule has 4 N–H and O–H groups in total. The van der Waals surface area contributed by atoms with Gasteiger partial charge in [0.2, 0.25) is 0 Å². The third kappa shape index (κ3) is 3.90. The molecule has 1 unspecified atom stereocenters. The van der Waals surface area contributed by atoms with Crippen LogP contribution in [0.1, 0.15) is 29.3 Å². The summed E-state index contributed by atoms with van der Waals surface area (Å²) in [6, 6.07) is 9.71. The Morgan fingerprint density at radius 3 is 2.42 bits per heavy atom. The van der Waals surface area contributed by atoms with Gasteiger partial charge in [-0.25, -0.2) is 0 Å². The zero-order chi connectivity index (χ0) is 17.9. The number of halogens is 2. The molecule has 1 atom stereocenters. The normalized spacial score (nSPS) is 13.2. The van der Waals surface area contributed by atoms with Gasteiger partial charge >= 0.3 is 0 Å². The van der Waals surface area contributed by atoms with Crippen molar-refractivity contribution in [2.75, 3.05) is 11.1 Å². The number of hydrogen-bond donors (Lipinski definition) is 3. The highest BCUT2D eigenvalue weighted by atomic mass is 35.5. The van der Waals surface area contributed by atoms with E-state index in [0.29, 0.717) is 32.5 Å². The second-order valence-corrected chi connectivity index (χ2v) is 6.44. The van der Waals surface area contributed by atoms with Gasteiger partial charge in [0.1, 0.15) is 0 Å². The summed E-state index contributed by atoms with van der Waals surface area (Å²) in [5, 5.41) is 14.5. The predicted octanol–water partition coefficient (Wildman–Crippen LogP) is 4.61. The van der Waals surface area contributed by atoms with E-state index in [0.717, 1.165) is 0 Å². The molecule has 0 heterocycles. The van der Waals surface area contributed by atoms with Gasteiger partial charge in [0.05, 0.1) is 16.3 Å². The van der Waals surface area contributed by atoms with Crippen LogP contribution in [0.25, 0.3) is 0 Å². The SMILES string of the molecule is C=CNc1c(Cl)ccc(Cl)c1C(C)(O)CC(=O)c1ccc(N)cc1. The lowest BCUT2D eigenvalue weighted by Gasteiger charge is -2.27. The number of nitrogens with one attached hydrogen (secondary N) is 1. The van der Waals surface area contributed by atoms with Gasteiger partial charge in [-0.3, -0.25) is 4.79 Å². The quantitative estimate of drug-likeness (QED) is 0.516. The Bertz CT molecular complexity index is 771. The van der Waals surface area contributed by atoms with Crippen LogP contribution in [0.15, 0.2) is 49.2 Å². The van der Waals surface area contributed by atoms with Gasteiger partial charge in [-0.05, 0) is 49.5 Å². The molecule has 0 radical (unpaired) electrons. The molecule has 0 aliphatic rings. The standard InChI is InChI=1S/C18H18Cl2N2O2/c1-3-22-17-14(20)9-8-13(19)16(17)18(2,24)10-15(23)11-4-6-12(21)7-5-11/h3-9,22,24H,1,10,21H2,2H3. The fraction of sp³-hybridized carbons (Fsp3) is 0.167. The van der Waals surface area contributed by atoms with E-state index in [1.807, 2.05) is 0 Å². The molecule has 0 saturated carbocycles. The number of rotatable bonds is 6. The Kier molecular flexibility index (Phi) is 5.54. The summed E-state index contributed by atoms with van der Waals surface area (Å²) in [5.74, 6) is -0.236. The van der Waals surface area contributed by atoms with E-state index in [2.05, 4.69) is 11.9 Å². The van der Waals surface area contributed by atoms with Gasteiger partial charge in [0.25, 0.3) is 0 Å². The van der Waals surface area contributed by atoms with Crippen molar-refractivity contribution in [1.29, 1.82) is 0 Å². The van der Waals surface area contributed by atoms with Crippen molar-refractivity contribution in [3.63, 3.8) is 0 Å². The molecule has 0 bridgehead atoms. The van der Waals surface area contributed by atoms with Crippen molar-refractivity contribution < 1.29 is 9.90 Å². The summed E-state index contributed by atoms with van der Waals surface area (Å²) < 4.78 is 0. The van der Waals surface area contributed by atoms with Crippen LogP contribution in [0.2, 0.25) is 10.0 Å². The largest absolute Gasteiger partial charge is 0.399 e. The van der Waals surface area contributed by atoms with Crippen molar-refractivity contribution in [2.24, 2.45) is 0 Å². The summed E-state index contributed by atoms with van der Waals surface area (Å²) in [4.78, 5) is 12.5. The molecule has 0 aliphatic carbocycles. The van der Waals surface area contributed by atoms with Crippen molar-refractivity contribution in [3.8, 4) is 0 Å². The maximum Gasteiger partial charge on any atom is 0.166 e. The van der Waals surface area contributed by atoms with Gasteiger partial charge in [0, 0.05) is 28.3 Å². The van der Waals surface area contributed by atoms with Crippen LogP contribution in [0.5, 0.6) is 0 Å². The van der Waals surface area contributed by atoms with Crippen LogP contribution in [0.4, 0.5) is 11.4 Å². The van der Waals surface area contributed by atoms with Gasteiger partial charge in [-0.1, -0.05) is 29.8 Å². The molecule has 0 fully saturated rings. The third-order valence-electron chi connectivity index (χ3n) is 3.63. The first kappa shape index (κ1) is 18.3. The number of aliphatic hydroxyl groups is 1. The molecule has 0 aromatic heterocycles. The minimum absolute atomic E-state index is 0.164. The first-order chi connectivity index (χ1) is 11.3. The number of Topliss-reactive ketones (excluding diaryl/α,β-unsaturated/α-hetero) is 1. The Hall–Kier alpha value is -2.01. The Morgan fingerprint density at radius 1 is 1.25 bits per heavy atom. The van der Waals surface area contributed by atoms with Crippen LogP contribution >= 0.6 is 23.2 Å². The molecule has 0 amide bonds. The zero-order valence-electron chi connectivity index (χ0n) is 13.1. The number of anilines is 2. The second kappa shape index (κ2) is 7.26. The molecule has 2 rings (SSSR count). The van der Waals surface area contributed by atoms with E-state index in [-0.39, 0.29) is 12.2 Å². The number of nitrogens with two attached hydrogens (primary N) is 1. The van der Waals surface area contributed by atoms with Crippen LogP contribution < -0.4 is 11.1 Å². The summed E-state index contributed by atoms with van der Waals surface area (Å²) >= 11 is 12.4. The maximum absolute atomic E-state index is 12.5. The monoisotopic (exact) mass is 364 g/mol. The topological polar surface area (TPSA) is 75.3 Å². The first-order valence-corrected chi connectivity index (χ1v) is 7.99. The first-order valence-electron chi connectivity index (χ1n) is 7.23. The average Bonchev–Trinajstić information content (AvgIpc) is 2.51. The van der Waals surface area contributed by atoms with Gasteiger partial charge in [-0.15, -0.1) is 0 Å². The molecule has 0 aliphatic heterocycles. The number of nitrogen functional groups attached to an aromatic ring is 1. The Morgan fingerprint density at radius 2 is 1.83 bits per heavy atom. The van der Waals surface area contributed by atoms with E-state index in [4.69, 9.17) is 28.9 Å². The lowest BCUT2D eigenvalue weighted by Crippen LogP contribution is -2.27. The van der Waals surface area contributed by atoms with Crippen molar-refractivity contribution in [3.05, 3.63) is 70.3 Å². The highest BCUT2D eigenvalue weighted by molar-refractivity contribution is 6.36. The zero-order valence-corrected chi connectivity index (χ0v) is 14.7. The highest BCUT2D eigenvalue weighted by Crippen LogP contribution is 2.41. The van der Waals surface area contributed by atoms with Crippen LogP contribution in [0.3, 0.4) is 0 Å². The average molecular weight is 365 g/mol. The summed E-state index contributed by atoms with van der Waals surface area (Å²) in [6.45, 7) is 5.12. The van der Waals surface area contributed by atoms with Crippen LogP contribution in [-0.2, 0) is 5.60 Å². The second-order valence-electron chi connectivity index (χ2n) is 5.62. The Labute approximate surface area is 150 Å². The minimum Gasteiger partial charge on any atom is -0.399 e. The van der Waals surface area contributed by atoms with E-state index < -0.39 is 5.60 Å². The number of carbonyl (C=O) groups is 1. The fourth-order valence-corrected chi connectivity index (χ4v) is 3.07. The van der Waals surface area contributed by atoms with Crippen LogP contribution in [0, 0.1) is 0 Å². The van der Waals surface area contributed by atoms with E-state index in [1.54, 1.807) is 36.4 Å². The third-order valence-corrected chi connectivity index (χ3v) is 4.26. The number of carbonyl (C=O) groups excluding carboxylic acids is 1. The molecular formula is C18H18Cl2N2O2. The van der Waals surface area contributed by atoms with Crippen LogP contribution in [-0.4, -0.2) is 10.9 Å². The molecule has 24 heavy (non-hydrogen) atoms. The summed E-state index contributed by atoms with van der Waals surface area (Å²) in [7, 11) is 0. The summed E-state index contributed by atoms with van der Waals surface area (Å²) in [6.07, 6.45) is 1.27. The lowest BCUT2D eigenvalue weighted by atomic mass is 9.87. The van der Waals surface area contributed by atoms with Gasteiger partial charge in [0.15, 0.2) is 5.78 Å². The Balaban J connectivity index is 2.39. The summed E-state index contributed by atoms with van der Waals surface area (Å²) in [5.41, 5.74) is 5.90. The molecular weight excluding hydrogens is 347 g/mol. The molecule has 126 valence electrons. The molecule has 0 saturated heterocycles. The van der Waals surface area contributed by atoms with Gasteiger partial charge < -0.3 is 16.2 Å². The molecule has 6 heteroatoms. The lowest BCUT2D eigenvalue weighted by molar-refractivity contribution is 0.0438. The minimum atomic E-state index is -1.52. The van der Waals surface area contributed by atoms with Crippen molar-refractivity contribution in [2.45, 2.75) is 18.9 Å². The van der Waals surface area contributed by atoms with Crippen molar-refractivity contribution >= 4 is 40.4 Å². The van der Waals surface area contributed by atoms with Crippen molar-refractivity contribution in [1.82, 2.24) is 0 Å². The van der Waals surface area contributed by atoms with E-state index in [1.165, 1.54) is 13.1 Å². The van der Waals surface area contributed by atoms with E-state index >= 15 is 0 Å². The number of hydrogen-bond acceptors (Lipinski definition) is 4. The molecule has 2 aromatic rings. The smallest absolute Gasteiger partial charge is 0.166 e. The number of benzene rings is 2. The number of ketones is 1. The highest BCUT2D eigenvalue weighted by Gasteiger charge is 2.32. The predicted molar refractivity (Wildman–Crippen MR) is 99.7 cm³/mol. The maximum atomic E-state index is 12.5. The van der Waals surface area contributed by atoms with E-state index in [9.17, 15) is 9.90 Å². The van der Waals surface area contributed by atoms with Gasteiger partial charge in [-0.2, -0.15) is 0 Å². The molecule has 4 nitrogen and oxygen atoms in total. The molecule has 2 aromatic carbocycles. The fourth-order valence-electron chi connectivity index (χ4n) is 2.49. The molecule has 0 spiro atoms.